The molecule has 3 saturated heterocycles. The Morgan fingerprint density at radius 3 is 1.71 bits per heavy atom. The molecule has 0 saturated carbocycles. The van der Waals surface area contributed by atoms with Crippen LogP contribution in [0, 0.1) is 11.6 Å². The van der Waals surface area contributed by atoms with Crippen molar-refractivity contribution in [3.63, 3.8) is 0 Å². The largest absolute Gasteiger partial charge is 0.497 e. The molecule has 0 aromatic heterocycles. The van der Waals surface area contributed by atoms with Crippen LogP contribution in [0.25, 0.3) is 0 Å². The number of carbonyl (C=O) groups is 2. The third-order valence-corrected chi connectivity index (χ3v) is 10.3. The van der Waals surface area contributed by atoms with Gasteiger partial charge in [-0.25, -0.2) is 8.78 Å². The highest BCUT2D eigenvalue weighted by Crippen LogP contribution is 2.37. The highest BCUT2D eigenvalue weighted by atomic mass is 19.1. The summed E-state index contributed by atoms with van der Waals surface area (Å²) in [5.41, 5.74) is -1.03. The number of nitrogens with zero attached hydrogens (tertiary/aromatic N) is 2. The Labute approximate surface area is 285 Å². The molecule has 3 aliphatic heterocycles. The summed E-state index contributed by atoms with van der Waals surface area (Å²) in [6.07, 6.45) is 9.94. The molecule has 3 fully saturated rings. The van der Waals surface area contributed by atoms with Crippen LogP contribution in [0.5, 0.6) is 0 Å². The van der Waals surface area contributed by atoms with Crippen LogP contribution < -0.4 is 10.9 Å². The molecule has 8 nitrogen and oxygen atoms in total. The molecule has 0 spiro atoms. The molecule has 48 heavy (non-hydrogen) atoms. The van der Waals surface area contributed by atoms with E-state index in [1.54, 1.807) is 23.1 Å². The standard InChI is InChI=1S/C21H31BFNO3.C15H21BFNO3/c1-6-10-15-11-7-8-14-24(15)19(25)16-12-9-13-17(18(16)23)22-26-20(2,3)21(4,5)27-22;1-2-6-11-7-3-4-10-18(11)15(19)12-8-5-9-13(14(12)17)16(20)21/h9,12-13,15H,6-8,10-11,14H2,1-5H3;5,8-9,11,20-21H,2-4,6-7,10H2,1H3. The monoisotopic (exact) mass is 668 g/mol. The van der Waals surface area contributed by atoms with Gasteiger partial charge in [-0.2, -0.15) is 0 Å². The minimum Gasteiger partial charge on any atom is -0.423 e. The van der Waals surface area contributed by atoms with Crippen molar-refractivity contribution in [1.82, 2.24) is 9.80 Å². The second kappa shape index (κ2) is 16.3. The Morgan fingerprint density at radius 1 is 0.792 bits per heavy atom. The summed E-state index contributed by atoms with van der Waals surface area (Å²) in [4.78, 5) is 29.3. The molecule has 2 aromatic rings. The maximum absolute atomic E-state index is 15.3. The van der Waals surface area contributed by atoms with Crippen molar-refractivity contribution < 1.29 is 37.7 Å². The first-order chi connectivity index (χ1) is 22.7. The van der Waals surface area contributed by atoms with Crippen LogP contribution in [0.15, 0.2) is 36.4 Å². The first kappa shape index (κ1) is 38.0. The molecule has 262 valence electrons. The predicted octanol–water partition coefficient (Wildman–Crippen LogP) is 5.22. The first-order valence-electron chi connectivity index (χ1n) is 17.6. The number of piperidine rings is 2. The number of rotatable bonds is 8. The molecule has 3 aliphatic rings. The van der Waals surface area contributed by atoms with Crippen LogP contribution in [0.2, 0.25) is 0 Å². The van der Waals surface area contributed by atoms with Gasteiger partial charge < -0.3 is 29.2 Å². The van der Waals surface area contributed by atoms with Gasteiger partial charge in [-0.3, -0.25) is 9.59 Å². The zero-order valence-electron chi connectivity index (χ0n) is 29.4. The normalized spacial score (nSPS) is 21.8. The van der Waals surface area contributed by atoms with Crippen LogP contribution in [-0.4, -0.2) is 82.3 Å². The second-order valence-corrected chi connectivity index (χ2v) is 14.3. The molecule has 2 amide bonds. The molecule has 2 aromatic carbocycles. The van der Waals surface area contributed by atoms with Gasteiger partial charge in [0.15, 0.2) is 0 Å². The summed E-state index contributed by atoms with van der Waals surface area (Å²) in [6, 6.07) is 9.45. The molecule has 2 atom stereocenters. The number of carbonyl (C=O) groups excluding carboxylic acids is 2. The van der Waals surface area contributed by atoms with E-state index in [1.165, 1.54) is 18.2 Å². The summed E-state index contributed by atoms with van der Waals surface area (Å²) in [6.45, 7) is 13.3. The van der Waals surface area contributed by atoms with Gasteiger partial charge in [-0.15, -0.1) is 0 Å². The lowest BCUT2D eigenvalue weighted by Crippen LogP contribution is -2.45. The summed E-state index contributed by atoms with van der Waals surface area (Å²) < 4.78 is 41.6. The Bertz CT molecular complexity index is 1400. The maximum atomic E-state index is 15.3. The summed E-state index contributed by atoms with van der Waals surface area (Å²) >= 11 is 0. The van der Waals surface area contributed by atoms with E-state index in [0.29, 0.717) is 18.6 Å². The molecule has 2 unspecified atom stereocenters. The number of hydrogen-bond acceptors (Lipinski definition) is 6. The van der Waals surface area contributed by atoms with E-state index in [9.17, 15) is 14.0 Å². The first-order valence-corrected chi connectivity index (χ1v) is 17.6. The number of likely N-dealkylation sites (tertiary alicyclic amines) is 2. The third-order valence-electron chi connectivity index (χ3n) is 10.3. The fraction of sp³-hybridized carbons (Fsp3) is 0.611. The molecule has 3 heterocycles. The SMILES string of the molecule is CCCC1CCCCN1C(=O)c1cccc(B(O)O)c1F.CCCC1CCCCN1C(=O)c1cccc(B2OC(C)(C)C(C)(C)O2)c1F. The molecule has 0 radical (unpaired) electrons. The summed E-state index contributed by atoms with van der Waals surface area (Å²) in [5.74, 6) is -1.93. The van der Waals surface area contributed by atoms with Crippen molar-refractivity contribution in [3.05, 3.63) is 59.2 Å². The van der Waals surface area contributed by atoms with E-state index in [-0.39, 0.29) is 40.5 Å². The smallest absolute Gasteiger partial charge is 0.423 e. The zero-order chi connectivity index (χ0) is 35.2. The highest BCUT2D eigenvalue weighted by Gasteiger charge is 2.52. The van der Waals surface area contributed by atoms with Crippen LogP contribution >= 0.6 is 0 Å². The van der Waals surface area contributed by atoms with Crippen molar-refractivity contribution in [1.29, 1.82) is 0 Å². The predicted molar refractivity (Wildman–Crippen MR) is 186 cm³/mol. The Hall–Kier alpha value is -2.79. The van der Waals surface area contributed by atoms with Gasteiger partial charge >= 0.3 is 14.2 Å². The maximum Gasteiger partial charge on any atom is 0.497 e. The average Bonchev–Trinajstić information content (AvgIpc) is 3.27. The Balaban J connectivity index is 0.000000224. The molecule has 12 heteroatoms. The average molecular weight is 668 g/mol. The van der Waals surface area contributed by atoms with Crippen LogP contribution in [-0.2, 0) is 9.31 Å². The van der Waals surface area contributed by atoms with Crippen molar-refractivity contribution in [2.45, 2.75) is 129 Å². The van der Waals surface area contributed by atoms with E-state index >= 15 is 4.39 Å². The van der Waals surface area contributed by atoms with Crippen molar-refractivity contribution in [2.24, 2.45) is 0 Å². The molecular formula is C36H52B2F2N2O6. The minimum absolute atomic E-state index is 0.0800. The van der Waals surface area contributed by atoms with Crippen molar-refractivity contribution in [2.75, 3.05) is 13.1 Å². The van der Waals surface area contributed by atoms with E-state index in [1.807, 2.05) is 32.6 Å². The quantitative estimate of drug-likeness (QED) is 0.375. The van der Waals surface area contributed by atoms with Crippen LogP contribution in [0.4, 0.5) is 8.78 Å². The van der Waals surface area contributed by atoms with Gasteiger partial charge in [-0.05, 0) is 91.2 Å². The second-order valence-electron chi connectivity index (χ2n) is 14.3. The Morgan fingerprint density at radius 2 is 1.25 bits per heavy atom. The Kier molecular flexibility index (Phi) is 12.9. The number of hydrogen-bond donors (Lipinski definition) is 2. The summed E-state index contributed by atoms with van der Waals surface area (Å²) in [7, 11) is -2.72. The molecule has 2 N–H and O–H groups in total. The number of benzene rings is 2. The van der Waals surface area contributed by atoms with Gasteiger partial charge in [0.1, 0.15) is 11.6 Å². The van der Waals surface area contributed by atoms with Crippen LogP contribution in [0.3, 0.4) is 0 Å². The van der Waals surface area contributed by atoms with E-state index in [0.717, 1.165) is 64.2 Å². The van der Waals surface area contributed by atoms with Gasteiger partial charge in [-0.1, -0.05) is 51.0 Å². The van der Waals surface area contributed by atoms with Crippen molar-refractivity contribution in [3.8, 4) is 0 Å². The number of halogens is 2. The topological polar surface area (TPSA) is 99.5 Å². The fourth-order valence-corrected chi connectivity index (χ4v) is 6.89. The lowest BCUT2D eigenvalue weighted by atomic mass is 9.77. The molecular weight excluding hydrogens is 616 g/mol. The fourth-order valence-electron chi connectivity index (χ4n) is 6.89. The zero-order valence-corrected chi connectivity index (χ0v) is 29.4. The van der Waals surface area contributed by atoms with Crippen LogP contribution in [0.1, 0.15) is 126 Å². The molecule has 0 bridgehead atoms. The molecule has 0 aliphatic carbocycles. The van der Waals surface area contributed by atoms with E-state index in [4.69, 9.17) is 19.4 Å². The lowest BCUT2D eigenvalue weighted by molar-refractivity contribution is 0.00578. The highest BCUT2D eigenvalue weighted by molar-refractivity contribution is 6.62. The molecule has 5 rings (SSSR count). The van der Waals surface area contributed by atoms with Crippen molar-refractivity contribution >= 4 is 37.0 Å². The van der Waals surface area contributed by atoms with Gasteiger partial charge in [0.05, 0.1) is 22.3 Å². The third kappa shape index (κ3) is 8.32. The summed E-state index contributed by atoms with van der Waals surface area (Å²) in [5, 5.41) is 18.3. The van der Waals surface area contributed by atoms with E-state index < -0.39 is 37.1 Å². The number of amides is 2. The van der Waals surface area contributed by atoms with Gasteiger partial charge in [0, 0.05) is 36.1 Å². The van der Waals surface area contributed by atoms with E-state index in [2.05, 4.69) is 13.8 Å². The van der Waals surface area contributed by atoms with Gasteiger partial charge in [0.2, 0.25) is 0 Å². The lowest BCUT2D eigenvalue weighted by Gasteiger charge is -2.36. The minimum atomic E-state index is -1.91. The van der Waals surface area contributed by atoms with Gasteiger partial charge in [0.25, 0.3) is 11.8 Å².